The van der Waals surface area contributed by atoms with Gasteiger partial charge in [-0.25, -0.2) is 0 Å². The SMILES string of the molecule is CCOC1CCN(C(=O)C2CNCC(C)C2)CC1. The molecule has 104 valence electrons. The fourth-order valence-electron chi connectivity index (χ4n) is 3.08. The van der Waals surface area contributed by atoms with Crippen molar-refractivity contribution in [1.82, 2.24) is 10.2 Å². The van der Waals surface area contributed by atoms with Crippen LogP contribution < -0.4 is 5.32 Å². The number of rotatable bonds is 3. The van der Waals surface area contributed by atoms with E-state index in [1.165, 1.54) is 0 Å². The van der Waals surface area contributed by atoms with Crippen LogP contribution in [0.5, 0.6) is 0 Å². The van der Waals surface area contributed by atoms with Crippen LogP contribution in [0.1, 0.15) is 33.1 Å². The van der Waals surface area contributed by atoms with Gasteiger partial charge in [-0.2, -0.15) is 0 Å². The van der Waals surface area contributed by atoms with E-state index in [0.29, 0.717) is 17.9 Å². The third-order valence-corrected chi connectivity index (χ3v) is 4.08. The molecule has 0 saturated carbocycles. The fraction of sp³-hybridized carbons (Fsp3) is 0.929. The van der Waals surface area contributed by atoms with Gasteiger partial charge < -0.3 is 15.0 Å². The van der Waals surface area contributed by atoms with Crippen LogP contribution in [0.25, 0.3) is 0 Å². The van der Waals surface area contributed by atoms with Crippen LogP contribution >= 0.6 is 0 Å². The molecule has 0 aromatic heterocycles. The molecule has 0 aromatic carbocycles. The van der Waals surface area contributed by atoms with E-state index in [1.54, 1.807) is 0 Å². The van der Waals surface area contributed by atoms with Crippen molar-refractivity contribution in [3.63, 3.8) is 0 Å². The molecule has 2 fully saturated rings. The molecule has 0 aromatic rings. The molecule has 2 aliphatic heterocycles. The second kappa shape index (κ2) is 6.53. The zero-order chi connectivity index (χ0) is 13.0. The van der Waals surface area contributed by atoms with Gasteiger partial charge in [0, 0.05) is 26.2 Å². The van der Waals surface area contributed by atoms with Crippen molar-refractivity contribution in [1.29, 1.82) is 0 Å². The number of hydrogen-bond donors (Lipinski definition) is 1. The zero-order valence-electron chi connectivity index (χ0n) is 11.7. The van der Waals surface area contributed by atoms with Crippen molar-refractivity contribution < 1.29 is 9.53 Å². The Balaban J connectivity index is 1.80. The molecule has 1 N–H and O–H groups in total. The number of ether oxygens (including phenoxy) is 1. The molecule has 2 rings (SSSR count). The molecule has 2 atom stereocenters. The van der Waals surface area contributed by atoms with Gasteiger partial charge in [0.2, 0.25) is 5.91 Å². The molecule has 2 heterocycles. The predicted octanol–water partition coefficient (Wildman–Crippen LogP) is 1.26. The van der Waals surface area contributed by atoms with Crippen LogP contribution in [0.2, 0.25) is 0 Å². The molecule has 0 radical (unpaired) electrons. The van der Waals surface area contributed by atoms with Crippen LogP contribution in [0.15, 0.2) is 0 Å². The molecule has 18 heavy (non-hydrogen) atoms. The Bertz CT molecular complexity index is 275. The van der Waals surface area contributed by atoms with Crippen molar-refractivity contribution >= 4 is 5.91 Å². The molecule has 0 bridgehead atoms. The maximum absolute atomic E-state index is 12.4. The number of hydrogen-bond acceptors (Lipinski definition) is 3. The van der Waals surface area contributed by atoms with Crippen LogP contribution in [-0.4, -0.2) is 49.7 Å². The van der Waals surface area contributed by atoms with E-state index in [0.717, 1.165) is 52.0 Å². The predicted molar refractivity (Wildman–Crippen MR) is 71.4 cm³/mol. The lowest BCUT2D eigenvalue weighted by atomic mass is 9.90. The number of likely N-dealkylation sites (tertiary alicyclic amines) is 1. The summed E-state index contributed by atoms with van der Waals surface area (Å²) in [6, 6.07) is 0. The van der Waals surface area contributed by atoms with Gasteiger partial charge in [0.15, 0.2) is 0 Å². The van der Waals surface area contributed by atoms with Gasteiger partial charge in [-0.3, -0.25) is 4.79 Å². The molecular formula is C14H26N2O2. The standard InChI is InChI=1S/C14H26N2O2/c1-3-18-13-4-6-16(7-5-13)14(17)12-8-11(2)9-15-10-12/h11-13,15H,3-10H2,1-2H3. The quantitative estimate of drug-likeness (QED) is 0.824. The number of carbonyl (C=O) groups excluding carboxylic acids is 1. The van der Waals surface area contributed by atoms with Crippen LogP contribution in [0.4, 0.5) is 0 Å². The summed E-state index contributed by atoms with van der Waals surface area (Å²) >= 11 is 0. The molecular weight excluding hydrogens is 228 g/mol. The normalized spacial score (nSPS) is 30.4. The van der Waals surface area contributed by atoms with Crippen LogP contribution in [0, 0.1) is 11.8 Å². The molecule has 0 spiro atoms. The van der Waals surface area contributed by atoms with Gasteiger partial charge in [0.1, 0.15) is 0 Å². The first-order chi connectivity index (χ1) is 8.70. The van der Waals surface area contributed by atoms with Crippen LogP contribution in [0.3, 0.4) is 0 Å². The van der Waals surface area contributed by atoms with Crippen LogP contribution in [-0.2, 0) is 9.53 Å². The van der Waals surface area contributed by atoms with E-state index in [4.69, 9.17) is 4.74 Å². The Hall–Kier alpha value is -0.610. The Kier molecular flexibility index (Phi) is 5.01. The molecule has 4 nitrogen and oxygen atoms in total. The molecule has 2 unspecified atom stereocenters. The van der Waals surface area contributed by atoms with Crippen molar-refractivity contribution in [3.05, 3.63) is 0 Å². The second-order valence-corrected chi connectivity index (χ2v) is 5.68. The van der Waals surface area contributed by atoms with Gasteiger partial charge in [-0.05, 0) is 38.6 Å². The van der Waals surface area contributed by atoms with Crippen molar-refractivity contribution in [2.45, 2.75) is 39.2 Å². The summed E-state index contributed by atoms with van der Waals surface area (Å²) in [5.41, 5.74) is 0. The lowest BCUT2D eigenvalue weighted by molar-refractivity contribution is -0.139. The first-order valence-electron chi connectivity index (χ1n) is 7.31. The highest BCUT2D eigenvalue weighted by atomic mass is 16.5. The van der Waals surface area contributed by atoms with E-state index >= 15 is 0 Å². The highest BCUT2D eigenvalue weighted by Gasteiger charge is 2.30. The van der Waals surface area contributed by atoms with E-state index < -0.39 is 0 Å². The first kappa shape index (κ1) is 13.8. The summed E-state index contributed by atoms with van der Waals surface area (Å²) in [4.78, 5) is 14.4. The first-order valence-corrected chi connectivity index (χ1v) is 7.31. The minimum Gasteiger partial charge on any atom is -0.378 e. The van der Waals surface area contributed by atoms with Crippen molar-refractivity contribution in [2.75, 3.05) is 32.8 Å². The zero-order valence-corrected chi connectivity index (χ0v) is 11.7. The van der Waals surface area contributed by atoms with E-state index in [-0.39, 0.29) is 5.92 Å². The van der Waals surface area contributed by atoms with E-state index in [2.05, 4.69) is 12.2 Å². The number of nitrogens with one attached hydrogen (secondary N) is 1. The number of amides is 1. The highest BCUT2D eigenvalue weighted by molar-refractivity contribution is 5.79. The second-order valence-electron chi connectivity index (χ2n) is 5.68. The molecule has 0 aliphatic carbocycles. The van der Waals surface area contributed by atoms with Gasteiger partial charge in [-0.1, -0.05) is 6.92 Å². The summed E-state index contributed by atoms with van der Waals surface area (Å²) in [5.74, 6) is 1.16. The number of piperidine rings is 2. The summed E-state index contributed by atoms with van der Waals surface area (Å²) in [6.07, 6.45) is 3.39. The highest BCUT2D eigenvalue weighted by Crippen LogP contribution is 2.21. The van der Waals surface area contributed by atoms with Crippen molar-refractivity contribution in [2.24, 2.45) is 11.8 Å². The lowest BCUT2D eigenvalue weighted by Gasteiger charge is -2.36. The topological polar surface area (TPSA) is 41.6 Å². The molecule has 2 saturated heterocycles. The average Bonchev–Trinajstić information content (AvgIpc) is 2.39. The van der Waals surface area contributed by atoms with Gasteiger partial charge >= 0.3 is 0 Å². The van der Waals surface area contributed by atoms with Gasteiger partial charge in [0.25, 0.3) is 0 Å². The molecule has 2 aliphatic rings. The van der Waals surface area contributed by atoms with E-state index in [1.807, 2.05) is 11.8 Å². The van der Waals surface area contributed by atoms with Gasteiger partial charge in [-0.15, -0.1) is 0 Å². The molecule has 4 heteroatoms. The monoisotopic (exact) mass is 254 g/mol. The third kappa shape index (κ3) is 3.45. The summed E-state index contributed by atoms with van der Waals surface area (Å²) in [6.45, 7) is 8.68. The maximum atomic E-state index is 12.4. The van der Waals surface area contributed by atoms with E-state index in [9.17, 15) is 4.79 Å². The van der Waals surface area contributed by atoms with Crippen molar-refractivity contribution in [3.8, 4) is 0 Å². The lowest BCUT2D eigenvalue weighted by Crippen LogP contribution is -2.48. The average molecular weight is 254 g/mol. The Morgan fingerprint density at radius 2 is 2.06 bits per heavy atom. The van der Waals surface area contributed by atoms with Gasteiger partial charge in [0.05, 0.1) is 12.0 Å². The Labute approximate surface area is 110 Å². The smallest absolute Gasteiger partial charge is 0.226 e. The summed E-state index contributed by atoms with van der Waals surface area (Å²) < 4.78 is 5.62. The summed E-state index contributed by atoms with van der Waals surface area (Å²) in [7, 11) is 0. The number of nitrogens with zero attached hydrogens (tertiary/aromatic N) is 1. The fourth-order valence-corrected chi connectivity index (χ4v) is 3.08. The minimum absolute atomic E-state index is 0.192. The maximum Gasteiger partial charge on any atom is 0.226 e. The number of carbonyl (C=O) groups is 1. The third-order valence-electron chi connectivity index (χ3n) is 4.08. The largest absolute Gasteiger partial charge is 0.378 e. The molecule has 1 amide bonds. The Morgan fingerprint density at radius 1 is 1.33 bits per heavy atom. The summed E-state index contributed by atoms with van der Waals surface area (Å²) in [5, 5.41) is 3.36. The Morgan fingerprint density at radius 3 is 2.67 bits per heavy atom. The minimum atomic E-state index is 0.192.